The molecule has 106 valence electrons. The molecule has 0 saturated carbocycles. The van der Waals surface area contributed by atoms with E-state index in [0.717, 1.165) is 10.6 Å². The Morgan fingerprint density at radius 1 is 1.10 bits per heavy atom. The number of hydrogen-bond donors (Lipinski definition) is 1. The Labute approximate surface area is 125 Å². The summed E-state index contributed by atoms with van der Waals surface area (Å²) in [5, 5.41) is 0.989. The van der Waals surface area contributed by atoms with Gasteiger partial charge in [0.15, 0.2) is 0 Å². The molecule has 2 nitrogen and oxygen atoms in total. The van der Waals surface area contributed by atoms with Gasteiger partial charge in [-0.15, -0.1) is 0 Å². The molecule has 0 unspecified atom stereocenters. The maximum Gasteiger partial charge on any atom is 0.101 e. The second-order valence-corrected chi connectivity index (χ2v) is 7.19. The van der Waals surface area contributed by atoms with Gasteiger partial charge in [0, 0.05) is 17.1 Å². The maximum atomic E-state index is 5.91. The summed E-state index contributed by atoms with van der Waals surface area (Å²) in [4.78, 5) is 5.60. The molecule has 1 aromatic carbocycles. The normalized spacial score (nSPS) is 13.2. The van der Waals surface area contributed by atoms with Crippen molar-refractivity contribution in [2.24, 2.45) is 5.73 Å². The molecule has 1 atom stereocenters. The Morgan fingerprint density at radius 2 is 1.75 bits per heavy atom. The lowest BCUT2D eigenvalue weighted by atomic mass is 9.87. The molecule has 0 aliphatic carbocycles. The number of hydrogen-bond acceptors (Lipinski definition) is 3. The zero-order valence-electron chi connectivity index (χ0n) is 12.6. The van der Waals surface area contributed by atoms with Gasteiger partial charge in [-0.3, -0.25) is 0 Å². The van der Waals surface area contributed by atoms with Gasteiger partial charge in [-0.05, 0) is 47.7 Å². The number of benzene rings is 1. The first kappa shape index (κ1) is 15.1. The average molecular weight is 286 g/mol. The van der Waals surface area contributed by atoms with Gasteiger partial charge >= 0.3 is 0 Å². The molecule has 1 aromatic heterocycles. The fourth-order valence-corrected chi connectivity index (χ4v) is 2.73. The Bertz CT molecular complexity index is 568. The summed E-state index contributed by atoms with van der Waals surface area (Å²) in [6, 6.07) is 12.8. The van der Waals surface area contributed by atoms with E-state index < -0.39 is 0 Å². The van der Waals surface area contributed by atoms with Crippen LogP contribution < -0.4 is 5.73 Å². The van der Waals surface area contributed by atoms with Gasteiger partial charge in [0.25, 0.3) is 0 Å². The summed E-state index contributed by atoms with van der Waals surface area (Å²) in [6.07, 6.45) is 1.82. The molecule has 2 rings (SSSR count). The molecule has 0 amide bonds. The smallest absolute Gasteiger partial charge is 0.101 e. The van der Waals surface area contributed by atoms with Crippen LogP contribution in [0.2, 0.25) is 0 Å². The molecule has 0 aliphatic rings. The quantitative estimate of drug-likeness (QED) is 0.899. The third-order valence-electron chi connectivity index (χ3n) is 3.23. The van der Waals surface area contributed by atoms with Crippen molar-refractivity contribution in [2.75, 3.05) is 0 Å². The van der Waals surface area contributed by atoms with E-state index in [0.29, 0.717) is 0 Å². The van der Waals surface area contributed by atoms with Crippen molar-refractivity contribution in [2.45, 2.75) is 49.1 Å². The van der Waals surface area contributed by atoms with Crippen molar-refractivity contribution in [3.8, 4) is 0 Å². The lowest BCUT2D eigenvalue weighted by Gasteiger charge is -2.19. The van der Waals surface area contributed by atoms with Crippen LogP contribution in [-0.4, -0.2) is 4.98 Å². The van der Waals surface area contributed by atoms with Crippen molar-refractivity contribution < 1.29 is 0 Å². The topological polar surface area (TPSA) is 38.9 Å². The fourth-order valence-electron chi connectivity index (χ4n) is 1.91. The summed E-state index contributed by atoms with van der Waals surface area (Å²) in [7, 11) is 0. The summed E-state index contributed by atoms with van der Waals surface area (Å²) in [5.41, 5.74) is 8.56. The Balaban J connectivity index is 2.16. The van der Waals surface area contributed by atoms with Crippen LogP contribution in [0.5, 0.6) is 0 Å². The van der Waals surface area contributed by atoms with Gasteiger partial charge in [-0.25, -0.2) is 4.98 Å². The summed E-state index contributed by atoms with van der Waals surface area (Å²) >= 11 is 1.67. The van der Waals surface area contributed by atoms with Gasteiger partial charge in [0.1, 0.15) is 5.03 Å². The van der Waals surface area contributed by atoms with Crippen molar-refractivity contribution in [1.82, 2.24) is 4.98 Å². The lowest BCUT2D eigenvalue weighted by molar-refractivity contribution is 0.590. The highest BCUT2D eigenvalue weighted by Gasteiger charge is 2.13. The summed E-state index contributed by atoms with van der Waals surface area (Å²) < 4.78 is 0. The summed E-state index contributed by atoms with van der Waals surface area (Å²) in [6.45, 7) is 8.66. The largest absolute Gasteiger partial charge is 0.324 e. The van der Waals surface area contributed by atoms with Crippen LogP contribution in [0.1, 0.15) is 44.9 Å². The lowest BCUT2D eigenvalue weighted by Crippen LogP contribution is -2.10. The van der Waals surface area contributed by atoms with Crippen LogP contribution in [0.25, 0.3) is 0 Å². The molecule has 0 bridgehead atoms. The Hall–Kier alpha value is -1.32. The molecule has 0 aliphatic heterocycles. The van der Waals surface area contributed by atoms with E-state index in [4.69, 9.17) is 5.73 Å². The number of pyridine rings is 1. The standard InChI is InChI=1S/C17H22N2S/c1-12(18)13-9-10-19-16(11-13)20-15-7-5-14(6-8-15)17(2,3)4/h5-12H,18H2,1-4H3/t12-/m0/s1. The minimum absolute atomic E-state index is 0.0422. The zero-order valence-corrected chi connectivity index (χ0v) is 13.4. The molecule has 0 fully saturated rings. The highest BCUT2D eigenvalue weighted by atomic mass is 32.2. The van der Waals surface area contributed by atoms with Crippen LogP contribution >= 0.6 is 11.8 Å². The molecule has 3 heteroatoms. The number of nitrogens with two attached hydrogens (primary N) is 1. The molecule has 0 saturated heterocycles. The second-order valence-electron chi connectivity index (χ2n) is 6.09. The van der Waals surface area contributed by atoms with Crippen LogP contribution in [0.4, 0.5) is 0 Å². The monoisotopic (exact) mass is 286 g/mol. The molecule has 1 heterocycles. The van der Waals surface area contributed by atoms with Crippen LogP contribution in [0.3, 0.4) is 0 Å². The van der Waals surface area contributed by atoms with Gasteiger partial charge in [0.05, 0.1) is 0 Å². The zero-order chi connectivity index (χ0) is 14.8. The SMILES string of the molecule is C[C@H](N)c1ccnc(Sc2ccc(C(C)(C)C)cc2)c1. The van der Waals surface area contributed by atoms with Gasteiger partial charge in [-0.2, -0.15) is 0 Å². The highest BCUT2D eigenvalue weighted by Crippen LogP contribution is 2.30. The van der Waals surface area contributed by atoms with Crippen LogP contribution in [-0.2, 0) is 5.41 Å². The number of aromatic nitrogens is 1. The van der Waals surface area contributed by atoms with Crippen LogP contribution in [0, 0.1) is 0 Å². The summed E-state index contributed by atoms with van der Waals surface area (Å²) in [5.74, 6) is 0. The van der Waals surface area contributed by atoms with E-state index in [-0.39, 0.29) is 11.5 Å². The molecule has 0 spiro atoms. The van der Waals surface area contributed by atoms with Crippen molar-refractivity contribution in [1.29, 1.82) is 0 Å². The fraction of sp³-hybridized carbons (Fsp3) is 0.353. The van der Waals surface area contributed by atoms with E-state index in [1.165, 1.54) is 10.5 Å². The molecule has 2 aromatic rings. The first-order valence-electron chi connectivity index (χ1n) is 6.86. The first-order chi connectivity index (χ1) is 9.36. The van der Waals surface area contributed by atoms with E-state index in [9.17, 15) is 0 Å². The maximum absolute atomic E-state index is 5.91. The predicted octanol–water partition coefficient (Wildman–Crippen LogP) is 4.55. The Morgan fingerprint density at radius 3 is 2.30 bits per heavy atom. The number of nitrogens with zero attached hydrogens (tertiary/aromatic N) is 1. The molecule has 0 radical (unpaired) electrons. The molecule has 2 N–H and O–H groups in total. The van der Waals surface area contributed by atoms with Crippen molar-refractivity contribution >= 4 is 11.8 Å². The average Bonchev–Trinajstić information content (AvgIpc) is 2.38. The van der Waals surface area contributed by atoms with E-state index >= 15 is 0 Å². The van der Waals surface area contributed by atoms with E-state index in [1.807, 2.05) is 19.2 Å². The minimum atomic E-state index is 0.0422. The first-order valence-corrected chi connectivity index (χ1v) is 7.68. The third-order valence-corrected chi connectivity index (χ3v) is 4.17. The Kier molecular flexibility index (Phi) is 4.51. The van der Waals surface area contributed by atoms with Gasteiger partial charge < -0.3 is 5.73 Å². The minimum Gasteiger partial charge on any atom is -0.324 e. The van der Waals surface area contributed by atoms with Crippen LogP contribution in [0.15, 0.2) is 52.5 Å². The van der Waals surface area contributed by atoms with Crippen molar-refractivity contribution in [3.05, 3.63) is 53.7 Å². The van der Waals surface area contributed by atoms with Crippen molar-refractivity contribution in [3.63, 3.8) is 0 Å². The number of rotatable bonds is 3. The molecular formula is C17H22N2S. The predicted molar refractivity (Wildman–Crippen MR) is 86.1 cm³/mol. The van der Waals surface area contributed by atoms with E-state index in [2.05, 4.69) is 56.1 Å². The third kappa shape index (κ3) is 3.84. The van der Waals surface area contributed by atoms with Gasteiger partial charge in [0.2, 0.25) is 0 Å². The van der Waals surface area contributed by atoms with E-state index in [1.54, 1.807) is 11.8 Å². The van der Waals surface area contributed by atoms with Gasteiger partial charge in [-0.1, -0.05) is 44.7 Å². The second kappa shape index (κ2) is 5.98. The molecule has 20 heavy (non-hydrogen) atoms. The highest BCUT2D eigenvalue weighted by molar-refractivity contribution is 7.99. The molecular weight excluding hydrogens is 264 g/mol.